The maximum absolute atomic E-state index is 12.2. The number of rotatable bonds is 6. The first-order chi connectivity index (χ1) is 15.5. The highest BCUT2D eigenvalue weighted by molar-refractivity contribution is 5.96. The summed E-state index contributed by atoms with van der Waals surface area (Å²) in [5.41, 5.74) is 5.08. The fourth-order valence-electron chi connectivity index (χ4n) is 3.44. The van der Waals surface area contributed by atoms with Gasteiger partial charge in [0.15, 0.2) is 11.4 Å². The van der Waals surface area contributed by atoms with Crippen LogP contribution in [0, 0.1) is 13.8 Å². The van der Waals surface area contributed by atoms with Crippen LogP contribution in [-0.4, -0.2) is 43.6 Å². The molecule has 0 aliphatic carbocycles. The molecule has 0 aliphatic rings. The Balaban J connectivity index is 1.84. The Kier molecular flexibility index (Phi) is 6.76. The van der Waals surface area contributed by atoms with Gasteiger partial charge in [0, 0.05) is 18.2 Å². The van der Waals surface area contributed by atoms with Crippen LogP contribution in [0.4, 0.5) is 0 Å². The molecule has 33 heavy (non-hydrogen) atoms. The fourth-order valence-corrected chi connectivity index (χ4v) is 3.44. The number of amides is 1. The van der Waals surface area contributed by atoms with E-state index >= 15 is 0 Å². The predicted octanol–water partition coefficient (Wildman–Crippen LogP) is 3.56. The van der Waals surface area contributed by atoms with Crippen LogP contribution in [0.2, 0.25) is 0 Å². The second-order valence-corrected chi connectivity index (χ2v) is 9.01. The first-order valence-corrected chi connectivity index (χ1v) is 10.6. The van der Waals surface area contributed by atoms with Crippen LogP contribution in [0.5, 0.6) is 5.75 Å². The van der Waals surface area contributed by atoms with E-state index in [2.05, 4.69) is 65.3 Å². The Labute approximate surface area is 192 Å². The number of hydrogen-bond donors (Lipinski definition) is 3. The van der Waals surface area contributed by atoms with Crippen molar-refractivity contribution >= 4 is 11.9 Å². The van der Waals surface area contributed by atoms with Crippen molar-refractivity contribution in [1.82, 2.24) is 20.3 Å². The lowest BCUT2D eigenvalue weighted by Crippen LogP contribution is -2.30. The average molecular weight is 449 g/mol. The molecule has 2 aromatic heterocycles. The van der Waals surface area contributed by atoms with Gasteiger partial charge in [0.05, 0.1) is 11.4 Å². The SMILES string of the molecule is Cc1cc(Cc2nc(C)c(O)c(C(=O)NCC(=O)O)n2)cnc1-c1ccc(C(C)(C)C)cc1. The van der Waals surface area contributed by atoms with E-state index in [1.807, 2.05) is 13.0 Å². The largest absolute Gasteiger partial charge is 0.504 e. The average Bonchev–Trinajstić information content (AvgIpc) is 2.74. The lowest BCUT2D eigenvalue weighted by Gasteiger charge is -2.19. The number of carboxylic acids is 1. The molecule has 1 amide bonds. The molecule has 0 saturated carbocycles. The third-order valence-electron chi connectivity index (χ3n) is 5.24. The summed E-state index contributed by atoms with van der Waals surface area (Å²) in [5.74, 6) is -2.01. The van der Waals surface area contributed by atoms with Crippen molar-refractivity contribution in [3.05, 3.63) is 70.4 Å². The highest BCUT2D eigenvalue weighted by Gasteiger charge is 2.19. The molecule has 8 heteroatoms. The smallest absolute Gasteiger partial charge is 0.322 e. The van der Waals surface area contributed by atoms with E-state index in [0.29, 0.717) is 12.2 Å². The molecule has 0 saturated heterocycles. The number of carboxylic acid groups (broad SMARTS) is 1. The van der Waals surface area contributed by atoms with E-state index < -0.39 is 18.4 Å². The molecule has 8 nitrogen and oxygen atoms in total. The van der Waals surface area contributed by atoms with Gasteiger partial charge in [0.25, 0.3) is 5.91 Å². The van der Waals surface area contributed by atoms with Crippen LogP contribution in [0.1, 0.15) is 59.5 Å². The Morgan fingerprint density at radius 2 is 1.73 bits per heavy atom. The molecule has 172 valence electrons. The molecule has 1 aromatic carbocycles. The lowest BCUT2D eigenvalue weighted by atomic mass is 9.86. The normalized spacial score (nSPS) is 11.3. The molecule has 2 heterocycles. The van der Waals surface area contributed by atoms with Gasteiger partial charge in [-0.3, -0.25) is 14.6 Å². The van der Waals surface area contributed by atoms with Crippen LogP contribution in [0.25, 0.3) is 11.3 Å². The summed E-state index contributed by atoms with van der Waals surface area (Å²) in [4.78, 5) is 36.0. The topological polar surface area (TPSA) is 125 Å². The summed E-state index contributed by atoms with van der Waals surface area (Å²) in [6.07, 6.45) is 2.05. The first-order valence-electron chi connectivity index (χ1n) is 10.6. The Bertz CT molecular complexity index is 1200. The first kappa shape index (κ1) is 23.8. The molecule has 0 spiro atoms. The van der Waals surface area contributed by atoms with E-state index in [1.54, 1.807) is 13.1 Å². The molecule has 0 bridgehead atoms. The van der Waals surface area contributed by atoms with E-state index in [0.717, 1.165) is 22.4 Å². The summed E-state index contributed by atoms with van der Waals surface area (Å²) in [7, 11) is 0. The Morgan fingerprint density at radius 1 is 1.06 bits per heavy atom. The van der Waals surface area contributed by atoms with Crippen LogP contribution in [0.3, 0.4) is 0 Å². The summed E-state index contributed by atoms with van der Waals surface area (Å²) < 4.78 is 0. The minimum atomic E-state index is -1.19. The standard InChI is InChI=1S/C25H28N4O4/c1-14-10-16(12-26-21(14)17-6-8-18(9-7-17)25(3,4)5)11-19-28-15(2)23(32)22(29-19)24(33)27-13-20(30)31/h6-10,12,32H,11,13H2,1-5H3,(H,27,33)(H,30,31). The number of carbonyl (C=O) groups is 2. The monoisotopic (exact) mass is 448 g/mol. The Morgan fingerprint density at radius 3 is 2.30 bits per heavy atom. The maximum atomic E-state index is 12.2. The third kappa shape index (κ3) is 5.71. The molecule has 0 radical (unpaired) electrons. The fraction of sp³-hybridized carbons (Fsp3) is 0.320. The van der Waals surface area contributed by atoms with E-state index in [9.17, 15) is 14.7 Å². The van der Waals surface area contributed by atoms with Gasteiger partial charge >= 0.3 is 5.97 Å². The number of pyridine rings is 1. The summed E-state index contributed by atoms with van der Waals surface area (Å²) in [5, 5.41) is 21.1. The van der Waals surface area contributed by atoms with Crippen molar-refractivity contribution in [2.75, 3.05) is 6.54 Å². The highest BCUT2D eigenvalue weighted by Crippen LogP contribution is 2.27. The van der Waals surface area contributed by atoms with E-state index in [1.165, 1.54) is 5.56 Å². The molecule has 0 atom stereocenters. The van der Waals surface area contributed by atoms with Crippen LogP contribution in [-0.2, 0) is 16.6 Å². The van der Waals surface area contributed by atoms with Crippen molar-refractivity contribution in [3.8, 4) is 17.0 Å². The zero-order valence-corrected chi connectivity index (χ0v) is 19.4. The number of hydrogen-bond acceptors (Lipinski definition) is 6. The van der Waals surface area contributed by atoms with Gasteiger partial charge in [-0.05, 0) is 36.0 Å². The van der Waals surface area contributed by atoms with Gasteiger partial charge in [-0.15, -0.1) is 0 Å². The highest BCUT2D eigenvalue weighted by atomic mass is 16.4. The quantitative estimate of drug-likeness (QED) is 0.526. The Hall–Kier alpha value is -3.81. The van der Waals surface area contributed by atoms with Gasteiger partial charge in [-0.25, -0.2) is 9.97 Å². The third-order valence-corrected chi connectivity index (χ3v) is 5.24. The summed E-state index contributed by atoms with van der Waals surface area (Å²) in [6, 6.07) is 10.4. The van der Waals surface area contributed by atoms with Gasteiger partial charge in [0.2, 0.25) is 0 Å². The zero-order valence-electron chi connectivity index (χ0n) is 19.4. The molecule has 3 N–H and O–H groups in total. The van der Waals surface area contributed by atoms with E-state index in [-0.39, 0.29) is 22.6 Å². The number of benzene rings is 1. The molecule has 3 rings (SSSR count). The van der Waals surface area contributed by atoms with Crippen molar-refractivity contribution in [1.29, 1.82) is 0 Å². The predicted molar refractivity (Wildman–Crippen MR) is 124 cm³/mol. The van der Waals surface area contributed by atoms with Crippen LogP contribution >= 0.6 is 0 Å². The number of carbonyl (C=O) groups excluding carboxylic acids is 1. The van der Waals surface area contributed by atoms with Gasteiger partial charge in [-0.2, -0.15) is 0 Å². The minimum absolute atomic E-state index is 0.0799. The van der Waals surface area contributed by atoms with E-state index in [4.69, 9.17) is 5.11 Å². The summed E-state index contributed by atoms with van der Waals surface area (Å²) >= 11 is 0. The number of aromatic hydroxyl groups is 1. The lowest BCUT2D eigenvalue weighted by molar-refractivity contribution is -0.135. The second-order valence-electron chi connectivity index (χ2n) is 9.01. The van der Waals surface area contributed by atoms with Gasteiger partial charge in [0.1, 0.15) is 12.4 Å². The number of aliphatic carboxylic acids is 1. The van der Waals surface area contributed by atoms with Crippen LogP contribution in [0.15, 0.2) is 36.5 Å². The van der Waals surface area contributed by atoms with Crippen molar-refractivity contribution in [2.45, 2.75) is 46.5 Å². The van der Waals surface area contributed by atoms with Crippen molar-refractivity contribution < 1.29 is 19.8 Å². The molecule has 3 aromatic rings. The molecular formula is C25H28N4O4. The summed E-state index contributed by atoms with van der Waals surface area (Å²) in [6.45, 7) is 9.50. The van der Waals surface area contributed by atoms with Crippen molar-refractivity contribution in [3.63, 3.8) is 0 Å². The number of aryl methyl sites for hydroxylation is 2. The second kappa shape index (κ2) is 9.36. The molecular weight excluding hydrogens is 420 g/mol. The molecule has 0 unspecified atom stereocenters. The number of nitrogens with one attached hydrogen (secondary N) is 1. The minimum Gasteiger partial charge on any atom is -0.504 e. The number of nitrogens with zero attached hydrogens (tertiary/aromatic N) is 3. The molecule has 0 fully saturated rings. The van der Waals surface area contributed by atoms with Gasteiger partial charge in [-0.1, -0.05) is 51.1 Å². The zero-order chi connectivity index (χ0) is 24.3. The van der Waals surface area contributed by atoms with Crippen LogP contribution < -0.4 is 5.32 Å². The maximum Gasteiger partial charge on any atom is 0.322 e. The van der Waals surface area contributed by atoms with Crippen molar-refractivity contribution in [2.24, 2.45) is 0 Å². The van der Waals surface area contributed by atoms with Gasteiger partial charge < -0.3 is 15.5 Å². The molecule has 0 aliphatic heterocycles. The number of aromatic nitrogens is 3.